The molecule has 0 saturated heterocycles. The van der Waals surface area contributed by atoms with Gasteiger partial charge in [-0.05, 0) is 80.0 Å². The van der Waals surface area contributed by atoms with Crippen molar-refractivity contribution >= 4 is 8.07 Å². The Labute approximate surface area is 195 Å². The minimum absolute atomic E-state index is 0.0591. The molecular weight excluding hydrogens is 459 g/mol. The molecule has 4 aliphatic carbocycles. The van der Waals surface area contributed by atoms with Gasteiger partial charge < -0.3 is 9.84 Å². The van der Waals surface area contributed by atoms with Crippen molar-refractivity contribution in [1.82, 2.24) is 0 Å². The van der Waals surface area contributed by atoms with Crippen molar-refractivity contribution in [3.8, 4) is 0 Å². The number of fused-ring (bicyclic) bond motifs is 9. The second-order valence-electron chi connectivity index (χ2n) is 12.3. The van der Waals surface area contributed by atoms with Crippen molar-refractivity contribution in [2.75, 3.05) is 6.67 Å². The molecule has 4 fully saturated rings. The fourth-order valence-corrected chi connectivity index (χ4v) is 7.12. The molecule has 4 saturated carbocycles. The van der Waals surface area contributed by atoms with Crippen LogP contribution >= 0.6 is 0 Å². The van der Waals surface area contributed by atoms with E-state index in [0.717, 1.165) is 24.7 Å². The van der Waals surface area contributed by atoms with Gasteiger partial charge in [0.2, 0.25) is 0 Å². The maximum atomic E-state index is 13.9. The summed E-state index contributed by atoms with van der Waals surface area (Å²) >= 11 is 0. The van der Waals surface area contributed by atoms with Gasteiger partial charge in [-0.2, -0.15) is 17.6 Å². The summed E-state index contributed by atoms with van der Waals surface area (Å²) in [5, 5.41) is 9.01. The maximum Gasteiger partial charge on any atom is 0.477 e. The summed E-state index contributed by atoms with van der Waals surface area (Å²) in [6.45, 7) is 10.1. The average molecular weight is 501 g/mol. The first kappa shape index (κ1) is 27.3. The highest BCUT2D eigenvalue weighted by Crippen LogP contribution is 2.69. The molecule has 0 aromatic heterocycles. The quantitative estimate of drug-likeness (QED) is 0.170. The van der Waals surface area contributed by atoms with E-state index in [1.807, 2.05) is 0 Å². The predicted octanol–water partition coefficient (Wildman–Crippen LogP) is 6.93. The first-order valence-corrected chi connectivity index (χ1v) is 16.5. The van der Waals surface area contributed by atoms with Crippen molar-refractivity contribution in [2.45, 2.75) is 103 Å². The van der Waals surface area contributed by atoms with Crippen molar-refractivity contribution in [3.63, 3.8) is 0 Å². The lowest BCUT2D eigenvalue weighted by molar-refractivity contribution is -0.456. The smallest absolute Gasteiger partial charge is 0.346 e. The number of rotatable bonds is 8. The van der Waals surface area contributed by atoms with E-state index in [-0.39, 0.29) is 12.3 Å². The van der Waals surface area contributed by atoms with Crippen molar-refractivity contribution in [2.24, 2.45) is 41.4 Å². The van der Waals surface area contributed by atoms with Gasteiger partial charge >= 0.3 is 12.2 Å². The van der Waals surface area contributed by atoms with Crippen LogP contribution in [0.5, 0.6) is 0 Å². The van der Waals surface area contributed by atoms with Crippen LogP contribution in [-0.4, -0.2) is 44.5 Å². The molecule has 0 aliphatic heterocycles. The molecule has 4 rings (SSSR count). The van der Waals surface area contributed by atoms with Gasteiger partial charge in [-0.1, -0.05) is 39.5 Å². The third-order valence-electron chi connectivity index (χ3n) is 7.90. The molecule has 0 heterocycles. The molecule has 1 N–H and O–H groups in total. The molecule has 10 unspecified atom stereocenters. The lowest BCUT2D eigenvalue weighted by atomic mass is 9.66. The minimum atomic E-state index is -5.60. The summed E-state index contributed by atoms with van der Waals surface area (Å²) in [6, 6.07) is -4.81. The van der Waals surface area contributed by atoms with Crippen molar-refractivity contribution in [1.29, 1.82) is 0 Å². The van der Waals surface area contributed by atoms with Crippen LogP contribution < -0.4 is 0 Å². The van der Waals surface area contributed by atoms with Gasteiger partial charge in [0.1, 0.15) is 6.67 Å². The largest absolute Gasteiger partial charge is 0.477 e. The molecular formula is C24H41F5O3Si. The van der Waals surface area contributed by atoms with E-state index in [1.54, 1.807) is 6.92 Å². The Bertz CT molecular complexity index is 647. The summed E-state index contributed by atoms with van der Waals surface area (Å²) in [5.74, 6) is 3.60. The first-order valence-electron chi connectivity index (χ1n) is 12.5. The van der Waals surface area contributed by atoms with Gasteiger partial charge in [-0.3, -0.25) is 4.74 Å². The van der Waals surface area contributed by atoms with E-state index in [2.05, 4.69) is 30.9 Å². The van der Waals surface area contributed by atoms with Crippen LogP contribution in [0.2, 0.25) is 26.2 Å². The fourth-order valence-electron chi connectivity index (χ4n) is 7.12. The lowest BCUT2D eigenvalue weighted by Gasteiger charge is -2.41. The Balaban J connectivity index is 0.000000555. The normalized spacial score (nSPS) is 38.5. The van der Waals surface area contributed by atoms with Crippen LogP contribution in [0, 0.1) is 41.4 Å². The molecule has 0 spiro atoms. The predicted molar refractivity (Wildman–Crippen MR) is 119 cm³/mol. The zero-order chi connectivity index (χ0) is 24.8. The van der Waals surface area contributed by atoms with Crippen molar-refractivity contribution < 1.29 is 36.5 Å². The Morgan fingerprint density at radius 2 is 1.52 bits per heavy atom. The summed E-state index contributed by atoms with van der Waals surface area (Å²) in [5.41, 5.74) is 0. The Kier molecular flexibility index (Phi) is 8.29. The van der Waals surface area contributed by atoms with Gasteiger partial charge in [-0.25, -0.2) is 4.39 Å². The number of ether oxygens (including phenoxy) is 2. The number of aliphatic hydroxyl groups is 1. The zero-order valence-electron chi connectivity index (χ0n) is 20.5. The second-order valence-corrected chi connectivity index (χ2v) is 18.3. The van der Waals surface area contributed by atoms with Crippen LogP contribution in [0.15, 0.2) is 0 Å². The highest BCUT2D eigenvalue weighted by molar-refractivity contribution is 6.74. The molecule has 9 heteroatoms. The van der Waals surface area contributed by atoms with Gasteiger partial charge in [-0.15, -0.1) is 0 Å². The lowest BCUT2D eigenvalue weighted by Crippen LogP contribution is -2.48. The van der Waals surface area contributed by atoms with E-state index in [9.17, 15) is 22.0 Å². The number of halogens is 5. The van der Waals surface area contributed by atoms with Crippen LogP contribution in [0.4, 0.5) is 22.0 Å². The zero-order valence-corrected chi connectivity index (χ0v) is 21.5. The summed E-state index contributed by atoms with van der Waals surface area (Å²) in [7, 11) is -0.611. The Morgan fingerprint density at radius 3 is 2.03 bits per heavy atom. The maximum absolute atomic E-state index is 13.9. The monoisotopic (exact) mass is 500 g/mol. The molecule has 194 valence electrons. The topological polar surface area (TPSA) is 38.7 Å². The SMILES string of the molecule is CCCC(OC(CF)C1CC2CC1C1C3CCC(C3)C21)OC(O)(F)C(F)(F)F.C[Si](C)(C)C. The third-order valence-corrected chi connectivity index (χ3v) is 7.90. The molecule has 10 atom stereocenters. The molecule has 0 aromatic rings. The number of hydrogen-bond acceptors (Lipinski definition) is 3. The van der Waals surface area contributed by atoms with Crippen LogP contribution in [0.1, 0.15) is 51.9 Å². The summed E-state index contributed by atoms with van der Waals surface area (Å²) < 4.78 is 75.1. The minimum Gasteiger partial charge on any atom is -0.346 e. The molecule has 4 bridgehead atoms. The number of hydrogen-bond donors (Lipinski definition) is 1. The molecule has 0 aromatic carbocycles. The molecule has 0 radical (unpaired) electrons. The third kappa shape index (κ3) is 6.12. The van der Waals surface area contributed by atoms with Crippen LogP contribution in [0.25, 0.3) is 0 Å². The highest BCUT2D eigenvalue weighted by Gasteiger charge is 2.63. The van der Waals surface area contributed by atoms with Gasteiger partial charge in [0.25, 0.3) is 0 Å². The van der Waals surface area contributed by atoms with Gasteiger partial charge in [0.05, 0.1) is 6.10 Å². The number of alkyl halides is 5. The van der Waals surface area contributed by atoms with Gasteiger partial charge in [0.15, 0.2) is 6.29 Å². The first-order chi connectivity index (χ1) is 15.2. The fraction of sp³-hybridized carbons (Fsp3) is 1.00. The standard InChI is InChI=1S/C20H29F5O3.C4H12Si/c1-2-3-16(28-20(25,26)19(22,23)24)27-15(9-21)13-7-12-8-14(13)18-11-5-4-10(6-11)17(12)18;1-5(2,3)4/h10-18,26H,2-9H2,1H3;1-4H3. The second kappa shape index (κ2) is 10.0. The summed E-state index contributed by atoms with van der Waals surface area (Å²) in [6.07, 6.45) is -2.22. The van der Waals surface area contributed by atoms with Crippen LogP contribution in [-0.2, 0) is 9.47 Å². The van der Waals surface area contributed by atoms with E-state index in [0.29, 0.717) is 30.1 Å². The molecule has 3 nitrogen and oxygen atoms in total. The van der Waals surface area contributed by atoms with E-state index < -0.39 is 39.4 Å². The highest BCUT2D eigenvalue weighted by atomic mass is 28.3. The molecule has 0 amide bonds. The van der Waals surface area contributed by atoms with Crippen molar-refractivity contribution in [3.05, 3.63) is 0 Å². The van der Waals surface area contributed by atoms with Gasteiger partial charge in [0, 0.05) is 8.07 Å². The van der Waals surface area contributed by atoms with E-state index >= 15 is 0 Å². The molecule has 4 aliphatic rings. The molecule has 33 heavy (non-hydrogen) atoms. The van der Waals surface area contributed by atoms with E-state index in [1.165, 1.54) is 19.3 Å². The van der Waals surface area contributed by atoms with Crippen LogP contribution in [0.3, 0.4) is 0 Å². The Morgan fingerprint density at radius 1 is 0.939 bits per heavy atom. The Hall–Kier alpha value is -0.253. The average Bonchev–Trinajstić information content (AvgIpc) is 3.42. The van der Waals surface area contributed by atoms with E-state index in [4.69, 9.17) is 9.84 Å². The summed E-state index contributed by atoms with van der Waals surface area (Å²) in [4.78, 5) is 0.